The van der Waals surface area contributed by atoms with Crippen molar-refractivity contribution >= 4 is 23.3 Å². The number of thiophene rings is 1. The summed E-state index contributed by atoms with van der Waals surface area (Å²) in [5.41, 5.74) is 6.70. The Morgan fingerprint density at radius 1 is 1.30 bits per heavy atom. The number of nitrogens with two attached hydrogens (primary N) is 1. The van der Waals surface area contributed by atoms with Crippen molar-refractivity contribution in [2.45, 2.75) is 64.1 Å². The van der Waals surface area contributed by atoms with Gasteiger partial charge in [-0.05, 0) is 49.6 Å². The Kier molecular flexibility index (Phi) is 4.90. The van der Waals surface area contributed by atoms with E-state index in [4.69, 9.17) is 5.73 Å². The molecule has 0 radical (unpaired) electrons. The summed E-state index contributed by atoms with van der Waals surface area (Å²) >= 11 is 1.70. The molecule has 2 N–H and O–H groups in total. The second-order valence-corrected chi connectivity index (χ2v) is 7.62. The van der Waals surface area contributed by atoms with Crippen LogP contribution in [0.3, 0.4) is 0 Å². The summed E-state index contributed by atoms with van der Waals surface area (Å²) in [6, 6.07) is 1.56. The molecule has 0 unspecified atom stereocenters. The fourth-order valence-corrected chi connectivity index (χ4v) is 4.71. The lowest BCUT2D eigenvalue weighted by atomic mass is 10.1. The lowest BCUT2D eigenvalue weighted by Crippen LogP contribution is -2.51. The molecule has 1 saturated heterocycles. The van der Waals surface area contributed by atoms with Crippen molar-refractivity contribution in [1.82, 2.24) is 9.80 Å². The summed E-state index contributed by atoms with van der Waals surface area (Å²) in [7, 11) is 0. The number of urea groups is 1. The van der Waals surface area contributed by atoms with Crippen molar-refractivity contribution in [3.05, 3.63) is 21.9 Å². The van der Waals surface area contributed by atoms with Crippen molar-refractivity contribution in [1.29, 1.82) is 0 Å². The highest BCUT2D eigenvalue weighted by atomic mass is 32.1. The molecule has 6 heteroatoms. The van der Waals surface area contributed by atoms with Gasteiger partial charge < -0.3 is 15.5 Å². The van der Waals surface area contributed by atoms with Gasteiger partial charge in [-0.15, -0.1) is 11.3 Å². The number of likely N-dealkylation sites (tertiary alicyclic amines) is 1. The Bertz CT molecular complexity index is 580. The van der Waals surface area contributed by atoms with E-state index in [9.17, 15) is 9.59 Å². The lowest BCUT2D eigenvalue weighted by Gasteiger charge is -2.33. The van der Waals surface area contributed by atoms with Gasteiger partial charge in [0.2, 0.25) is 5.91 Å². The highest BCUT2D eigenvalue weighted by Gasteiger charge is 2.38. The minimum atomic E-state index is -0.473. The smallest absolute Gasteiger partial charge is 0.315 e. The Morgan fingerprint density at radius 3 is 2.65 bits per heavy atom. The molecule has 0 spiro atoms. The van der Waals surface area contributed by atoms with Gasteiger partial charge in [0.15, 0.2) is 0 Å². The molecule has 23 heavy (non-hydrogen) atoms. The molecule has 0 aromatic carbocycles. The number of carbonyl (C=O) groups is 2. The summed E-state index contributed by atoms with van der Waals surface area (Å²) in [5.74, 6) is 0.0843. The van der Waals surface area contributed by atoms with E-state index in [0.29, 0.717) is 19.1 Å². The van der Waals surface area contributed by atoms with Crippen molar-refractivity contribution < 1.29 is 9.59 Å². The third-order valence-electron chi connectivity index (χ3n) is 5.15. The lowest BCUT2D eigenvalue weighted by molar-refractivity contribution is -0.138. The zero-order valence-electron chi connectivity index (χ0n) is 13.7. The minimum Gasteiger partial charge on any atom is -0.351 e. The number of rotatable bonds is 4. The number of hydrogen-bond acceptors (Lipinski definition) is 3. The van der Waals surface area contributed by atoms with Crippen LogP contribution in [0.5, 0.6) is 0 Å². The first-order valence-corrected chi connectivity index (χ1v) is 9.35. The van der Waals surface area contributed by atoms with Gasteiger partial charge in [0, 0.05) is 17.5 Å². The van der Waals surface area contributed by atoms with Gasteiger partial charge in [-0.2, -0.15) is 0 Å². The predicted octanol–water partition coefficient (Wildman–Crippen LogP) is 2.87. The Morgan fingerprint density at radius 2 is 2.04 bits per heavy atom. The van der Waals surface area contributed by atoms with E-state index < -0.39 is 6.03 Å². The van der Waals surface area contributed by atoms with Crippen molar-refractivity contribution in [3.8, 4) is 0 Å². The molecule has 1 atom stereocenters. The summed E-state index contributed by atoms with van der Waals surface area (Å²) in [6.07, 6.45) is 6.09. The second-order valence-electron chi connectivity index (χ2n) is 6.62. The van der Waals surface area contributed by atoms with Gasteiger partial charge >= 0.3 is 6.03 Å². The molecule has 1 aliphatic heterocycles. The van der Waals surface area contributed by atoms with Crippen LogP contribution in [-0.2, 0) is 11.3 Å². The molecule has 1 saturated carbocycles. The number of hydrogen-bond donors (Lipinski definition) is 1. The van der Waals surface area contributed by atoms with Crippen LogP contribution >= 0.6 is 11.3 Å². The van der Waals surface area contributed by atoms with Gasteiger partial charge in [0.1, 0.15) is 6.04 Å². The maximum atomic E-state index is 13.2. The summed E-state index contributed by atoms with van der Waals surface area (Å²) < 4.78 is 0. The second kappa shape index (κ2) is 6.91. The SMILES string of the molecule is Cc1ccsc1CN(C(=O)[C@H]1CCCN1C(N)=O)C1CCCC1. The quantitative estimate of drug-likeness (QED) is 0.919. The molecule has 0 bridgehead atoms. The van der Waals surface area contributed by atoms with E-state index in [2.05, 4.69) is 18.4 Å². The molecule has 3 amide bonds. The predicted molar refractivity (Wildman–Crippen MR) is 91.2 cm³/mol. The number of aryl methyl sites for hydroxylation is 1. The number of carbonyl (C=O) groups excluding carboxylic acids is 2. The molecule has 3 rings (SSSR count). The molecular formula is C17H25N3O2S. The van der Waals surface area contributed by atoms with E-state index in [1.165, 1.54) is 23.3 Å². The average molecular weight is 335 g/mol. The molecular weight excluding hydrogens is 310 g/mol. The van der Waals surface area contributed by atoms with Crippen molar-refractivity contribution in [2.75, 3.05) is 6.54 Å². The molecule has 2 fully saturated rings. The van der Waals surface area contributed by atoms with Gasteiger partial charge in [-0.3, -0.25) is 4.79 Å². The largest absolute Gasteiger partial charge is 0.351 e. The molecule has 2 heterocycles. The molecule has 5 nitrogen and oxygen atoms in total. The Hall–Kier alpha value is -1.56. The average Bonchev–Trinajstić information content (AvgIpc) is 3.26. The monoisotopic (exact) mass is 335 g/mol. The maximum Gasteiger partial charge on any atom is 0.315 e. The van der Waals surface area contributed by atoms with Gasteiger partial charge in [0.25, 0.3) is 0 Å². The molecule has 1 aromatic rings. The maximum absolute atomic E-state index is 13.2. The highest BCUT2D eigenvalue weighted by Crippen LogP contribution is 2.30. The fourth-order valence-electron chi connectivity index (χ4n) is 3.80. The topological polar surface area (TPSA) is 66.6 Å². The van der Waals surface area contributed by atoms with Crippen LogP contribution < -0.4 is 5.73 Å². The van der Waals surface area contributed by atoms with E-state index in [-0.39, 0.29) is 11.9 Å². The minimum absolute atomic E-state index is 0.0843. The van der Waals surface area contributed by atoms with Crippen molar-refractivity contribution in [3.63, 3.8) is 0 Å². The Labute approximate surface area is 141 Å². The normalized spacial score (nSPS) is 21.8. The first-order chi connectivity index (χ1) is 11.1. The summed E-state index contributed by atoms with van der Waals surface area (Å²) in [6.45, 7) is 3.35. The van der Waals surface area contributed by atoms with Crippen LogP contribution in [0.25, 0.3) is 0 Å². The zero-order chi connectivity index (χ0) is 16.4. The highest BCUT2D eigenvalue weighted by molar-refractivity contribution is 7.10. The third kappa shape index (κ3) is 3.37. The van der Waals surface area contributed by atoms with E-state index in [1.807, 2.05) is 4.90 Å². The van der Waals surface area contributed by atoms with E-state index in [0.717, 1.165) is 25.7 Å². The number of amides is 3. The first-order valence-electron chi connectivity index (χ1n) is 8.47. The van der Waals surface area contributed by atoms with Crippen LogP contribution in [0.1, 0.15) is 49.0 Å². The van der Waals surface area contributed by atoms with Crippen LogP contribution in [0.15, 0.2) is 11.4 Å². The summed E-state index contributed by atoms with van der Waals surface area (Å²) in [4.78, 5) is 29.6. The van der Waals surface area contributed by atoms with Gasteiger partial charge in [0.05, 0.1) is 6.54 Å². The van der Waals surface area contributed by atoms with Gasteiger partial charge in [-0.1, -0.05) is 12.8 Å². The third-order valence-corrected chi connectivity index (χ3v) is 6.16. The Balaban J connectivity index is 1.81. The number of nitrogens with zero attached hydrogens (tertiary/aromatic N) is 2. The van der Waals surface area contributed by atoms with Gasteiger partial charge in [-0.25, -0.2) is 4.79 Å². The summed E-state index contributed by atoms with van der Waals surface area (Å²) in [5, 5.41) is 2.08. The van der Waals surface area contributed by atoms with Crippen LogP contribution in [0.2, 0.25) is 0 Å². The van der Waals surface area contributed by atoms with E-state index in [1.54, 1.807) is 16.2 Å². The molecule has 1 aliphatic carbocycles. The van der Waals surface area contributed by atoms with Crippen LogP contribution in [-0.4, -0.2) is 40.4 Å². The molecule has 126 valence electrons. The number of primary amides is 1. The van der Waals surface area contributed by atoms with Crippen LogP contribution in [0.4, 0.5) is 4.79 Å². The van der Waals surface area contributed by atoms with Crippen molar-refractivity contribution in [2.24, 2.45) is 5.73 Å². The molecule has 2 aliphatic rings. The molecule has 1 aromatic heterocycles. The first kappa shape index (κ1) is 16.3. The van der Waals surface area contributed by atoms with E-state index >= 15 is 0 Å². The zero-order valence-corrected chi connectivity index (χ0v) is 14.5. The van der Waals surface area contributed by atoms with Crippen LogP contribution in [0, 0.1) is 6.92 Å². The standard InChI is InChI=1S/C17H25N3O2S/c1-12-8-10-23-15(12)11-20(13-5-2-3-6-13)16(21)14-7-4-9-19(14)17(18)22/h8,10,13-14H,2-7,9,11H2,1H3,(H2,18,22)/t14-/m1/s1. The fraction of sp³-hybridized carbons (Fsp3) is 0.647.